The molecule has 37 heavy (non-hydrogen) atoms. The lowest BCUT2D eigenvalue weighted by Crippen LogP contribution is -2.36. The lowest BCUT2D eigenvalue weighted by atomic mass is 9.91. The van der Waals surface area contributed by atoms with Crippen LogP contribution in [0.3, 0.4) is 0 Å². The van der Waals surface area contributed by atoms with Gasteiger partial charge in [0, 0.05) is 32.3 Å². The van der Waals surface area contributed by atoms with Gasteiger partial charge in [0.25, 0.3) is 0 Å². The zero-order valence-corrected chi connectivity index (χ0v) is 20.9. The van der Waals surface area contributed by atoms with Gasteiger partial charge in [0.05, 0.1) is 7.11 Å². The third-order valence-electron chi connectivity index (χ3n) is 6.75. The van der Waals surface area contributed by atoms with Crippen molar-refractivity contribution in [2.45, 2.75) is 11.2 Å². The molecule has 2 atom stereocenters. The molecular weight excluding hydrogens is 515 g/mol. The van der Waals surface area contributed by atoms with Gasteiger partial charge < -0.3 is 20.1 Å². The van der Waals surface area contributed by atoms with Crippen molar-refractivity contribution in [2.24, 2.45) is 0 Å². The first kappa shape index (κ1) is 25.0. The van der Waals surface area contributed by atoms with Crippen LogP contribution in [-0.2, 0) is 25.5 Å². The molecule has 0 spiro atoms. The number of methoxy groups -OCH3 is 1. The molecule has 0 heterocycles. The van der Waals surface area contributed by atoms with E-state index in [1.807, 2.05) is 18.2 Å². The summed E-state index contributed by atoms with van der Waals surface area (Å²) in [5, 5.41) is 31.6. The van der Waals surface area contributed by atoms with E-state index in [0.717, 1.165) is 16.7 Å². The van der Waals surface area contributed by atoms with Gasteiger partial charge in [0.2, 0.25) is 11.2 Å². The third-order valence-corrected chi connectivity index (χ3v) is 7.22. The van der Waals surface area contributed by atoms with E-state index in [-0.39, 0.29) is 0 Å². The van der Waals surface area contributed by atoms with Gasteiger partial charge in [-0.25, -0.2) is 9.59 Å². The number of benzene rings is 4. The van der Waals surface area contributed by atoms with Crippen molar-refractivity contribution in [3.8, 4) is 22.3 Å². The zero-order valence-electron chi connectivity index (χ0n) is 19.4. The number of esters is 1. The first-order valence-electron chi connectivity index (χ1n) is 11.2. The van der Waals surface area contributed by atoms with Crippen LogP contribution in [0, 0.1) is 0 Å². The Labute approximate surface area is 222 Å². The van der Waals surface area contributed by atoms with E-state index in [4.69, 9.17) is 27.9 Å². The van der Waals surface area contributed by atoms with Crippen LogP contribution in [-0.4, -0.2) is 34.4 Å². The van der Waals surface area contributed by atoms with Gasteiger partial charge in [-0.2, -0.15) is 0 Å². The van der Waals surface area contributed by atoms with E-state index >= 15 is 0 Å². The summed E-state index contributed by atoms with van der Waals surface area (Å²) < 4.78 is 4.76. The molecule has 2 aliphatic rings. The summed E-state index contributed by atoms with van der Waals surface area (Å²) in [6.45, 7) is 0. The van der Waals surface area contributed by atoms with Gasteiger partial charge in [-0.05, 0) is 46.5 Å². The molecule has 0 amide bonds. The highest BCUT2D eigenvalue weighted by Gasteiger charge is 2.49. The molecule has 6 rings (SSSR count). The van der Waals surface area contributed by atoms with Gasteiger partial charge in [-0.1, -0.05) is 83.9 Å². The molecule has 3 N–H and O–H groups in total. The second-order valence-corrected chi connectivity index (χ2v) is 9.56. The Morgan fingerprint density at radius 1 is 0.649 bits per heavy atom. The molecule has 0 radical (unpaired) electrons. The maximum absolute atomic E-state index is 12.1. The van der Waals surface area contributed by atoms with Crippen LogP contribution in [0.25, 0.3) is 22.3 Å². The van der Waals surface area contributed by atoms with E-state index in [1.165, 1.54) is 13.2 Å². The lowest BCUT2D eigenvalue weighted by Gasteiger charge is -2.22. The van der Waals surface area contributed by atoms with Crippen LogP contribution in [0.15, 0.2) is 84.9 Å². The number of aliphatic carboxylic acids is 1. The summed E-state index contributed by atoms with van der Waals surface area (Å²) >= 11 is 11.9. The summed E-state index contributed by atoms with van der Waals surface area (Å²) in [6, 6.07) is 24.2. The first-order chi connectivity index (χ1) is 17.6. The highest BCUT2D eigenvalue weighted by atomic mass is 35.5. The minimum absolute atomic E-state index is 0.323. The molecule has 0 fully saturated rings. The van der Waals surface area contributed by atoms with Crippen LogP contribution in [0.1, 0.15) is 22.3 Å². The molecule has 0 aliphatic heterocycles. The molecular formula is C29H20Cl2O6. The van der Waals surface area contributed by atoms with Crippen molar-refractivity contribution in [1.82, 2.24) is 0 Å². The largest absolute Gasteiger partial charge is 0.479 e. The van der Waals surface area contributed by atoms with E-state index in [1.54, 1.807) is 60.7 Å². The average Bonchev–Trinajstić information content (AvgIpc) is 3.31. The Morgan fingerprint density at radius 3 is 1.51 bits per heavy atom. The molecule has 186 valence electrons. The van der Waals surface area contributed by atoms with Crippen LogP contribution in [0.2, 0.25) is 10.0 Å². The average molecular weight is 535 g/mol. The number of carbonyl (C=O) groups excluding carboxylic acids is 1. The summed E-state index contributed by atoms with van der Waals surface area (Å²) in [4.78, 5) is 23.5. The van der Waals surface area contributed by atoms with Gasteiger partial charge >= 0.3 is 11.9 Å². The highest BCUT2D eigenvalue weighted by molar-refractivity contribution is 6.31. The number of ether oxygens (including phenoxy) is 1. The normalized spacial score (nSPS) is 20.0. The highest BCUT2D eigenvalue weighted by Crippen LogP contribution is 2.49. The molecule has 0 aromatic heterocycles. The van der Waals surface area contributed by atoms with E-state index in [0.29, 0.717) is 37.9 Å². The van der Waals surface area contributed by atoms with E-state index < -0.39 is 23.1 Å². The van der Waals surface area contributed by atoms with E-state index in [9.17, 15) is 24.9 Å². The third kappa shape index (κ3) is 3.64. The number of hydrogen-bond donors (Lipinski definition) is 3. The van der Waals surface area contributed by atoms with Gasteiger partial charge in [0.15, 0.2) is 0 Å². The summed E-state index contributed by atoms with van der Waals surface area (Å²) in [6.07, 6.45) is 0. The van der Waals surface area contributed by atoms with Gasteiger partial charge in [0.1, 0.15) is 0 Å². The van der Waals surface area contributed by atoms with Crippen molar-refractivity contribution < 1.29 is 29.6 Å². The van der Waals surface area contributed by atoms with Crippen molar-refractivity contribution in [1.29, 1.82) is 0 Å². The Bertz CT molecular complexity index is 1580. The zero-order chi connectivity index (χ0) is 26.5. The van der Waals surface area contributed by atoms with Crippen LogP contribution < -0.4 is 0 Å². The lowest BCUT2D eigenvalue weighted by molar-refractivity contribution is -0.158. The van der Waals surface area contributed by atoms with Crippen molar-refractivity contribution in [2.75, 3.05) is 7.11 Å². The second-order valence-electron chi connectivity index (χ2n) is 8.69. The van der Waals surface area contributed by atoms with Crippen LogP contribution in [0.5, 0.6) is 0 Å². The molecule has 6 nitrogen and oxygen atoms in total. The molecule has 0 saturated carbocycles. The fourth-order valence-electron chi connectivity index (χ4n) is 5.06. The van der Waals surface area contributed by atoms with Crippen molar-refractivity contribution in [3.05, 3.63) is 117 Å². The Hall–Kier alpha value is -3.68. The Morgan fingerprint density at radius 2 is 1.05 bits per heavy atom. The number of hydrogen-bond acceptors (Lipinski definition) is 5. The number of carbonyl (C=O) groups is 2. The summed E-state index contributed by atoms with van der Waals surface area (Å²) in [7, 11) is 1.26. The number of aliphatic hydroxyl groups is 2. The van der Waals surface area contributed by atoms with Gasteiger partial charge in [-0.3, -0.25) is 0 Å². The van der Waals surface area contributed by atoms with Crippen molar-refractivity contribution >= 4 is 35.1 Å². The smallest absolute Gasteiger partial charge is 0.347 e. The molecule has 0 bridgehead atoms. The predicted octanol–water partition coefficient (Wildman–Crippen LogP) is 5.37. The predicted molar refractivity (Wildman–Crippen MR) is 139 cm³/mol. The van der Waals surface area contributed by atoms with Crippen LogP contribution >= 0.6 is 23.2 Å². The quantitative estimate of drug-likeness (QED) is 0.298. The number of fused-ring (bicyclic) bond motifs is 6. The number of rotatable bonds is 2. The molecule has 8 heteroatoms. The minimum Gasteiger partial charge on any atom is -0.479 e. The molecule has 2 unspecified atom stereocenters. The topological polar surface area (TPSA) is 104 Å². The second kappa shape index (κ2) is 9.01. The number of halogens is 2. The van der Waals surface area contributed by atoms with Crippen LogP contribution in [0.4, 0.5) is 0 Å². The molecule has 4 aromatic rings. The minimum atomic E-state index is -2.02. The fourth-order valence-corrected chi connectivity index (χ4v) is 5.40. The standard InChI is InChI=1S/C15H11ClO3.C14H9ClO3/c1-19-14(17)15(18)12-5-3-2-4-10(12)11-7-6-9(16)8-13(11)15;15-8-5-6-10-9-3-1-2-4-11(9)14(18,13(16)17)12(10)7-8/h2-8,18H,1H3;1-7,18H,(H,16,17). The van der Waals surface area contributed by atoms with Gasteiger partial charge in [-0.15, -0.1) is 0 Å². The monoisotopic (exact) mass is 534 g/mol. The maximum atomic E-state index is 12.1. The SMILES string of the molecule is COC(=O)C1(O)c2ccccc2-c2ccc(Cl)cc21.O=C(O)C1(O)c2ccccc2-c2ccc(Cl)cc21. The fraction of sp³-hybridized carbons (Fsp3) is 0.103. The maximum Gasteiger partial charge on any atom is 0.347 e. The Kier molecular flexibility index (Phi) is 6.09. The van der Waals surface area contributed by atoms with Crippen molar-refractivity contribution in [3.63, 3.8) is 0 Å². The Balaban J connectivity index is 0.000000152. The number of carboxylic acids is 1. The summed E-state index contributed by atoms with van der Waals surface area (Å²) in [5.74, 6) is -2.00. The summed E-state index contributed by atoms with van der Waals surface area (Å²) in [5.41, 5.74) is 0.956. The molecule has 4 aromatic carbocycles. The molecule has 0 saturated heterocycles. The molecule has 2 aliphatic carbocycles. The van der Waals surface area contributed by atoms with E-state index in [2.05, 4.69) is 0 Å². The first-order valence-corrected chi connectivity index (χ1v) is 12.0. The number of carboxylic acid groups (broad SMARTS) is 1.